The van der Waals surface area contributed by atoms with Crippen molar-refractivity contribution >= 4 is 0 Å². The van der Waals surface area contributed by atoms with Crippen molar-refractivity contribution in [3.8, 4) is 22.6 Å². The molecule has 29 heavy (non-hydrogen) atoms. The second-order valence-electron chi connectivity index (χ2n) is 8.06. The zero-order valence-corrected chi connectivity index (χ0v) is 17.6. The molecule has 0 atom stereocenters. The Morgan fingerprint density at radius 3 is 2.00 bits per heavy atom. The largest absolute Gasteiger partial charge is 0.618 e. The van der Waals surface area contributed by atoms with Crippen molar-refractivity contribution in [2.24, 2.45) is 0 Å². The molecule has 0 saturated heterocycles. The van der Waals surface area contributed by atoms with E-state index in [2.05, 4.69) is 0 Å². The van der Waals surface area contributed by atoms with Gasteiger partial charge in [0.05, 0.1) is 5.60 Å². The van der Waals surface area contributed by atoms with Gasteiger partial charge in [0.2, 0.25) is 0 Å². The molecule has 0 fully saturated rings. The molecule has 1 N–H and O–H groups in total. The van der Waals surface area contributed by atoms with Gasteiger partial charge in [-0.1, -0.05) is 6.07 Å². The summed E-state index contributed by atoms with van der Waals surface area (Å²) in [5.74, 6) is 0.851. The van der Waals surface area contributed by atoms with Crippen LogP contribution in [0.25, 0.3) is 11.1 Å². The fraction of sp³-hybridized carbons (Fsp3) is 0.292. The summed E-state index contributed by atoms with van der Waals surface area (Å²) in [4.78, 5) is 0. The van der Waals surface area contributed by atoms with E-state index in [4.69, 9.17) is 4.74 Å². The molecule has 0 aliphatic carbocycles. The summed E-state index contributed by atoms with van der Waals surface area (Å²) in [5.41, 5.74) is 3.76. The minimum absolute atomic E-state index is 0.306. The quantitative estimate of drug-likeness (QED) is 0.477. The van der Waals surface area contributed by atoms with Crippen molar-refractivity contribution in [3.63, 3.8) is 0 Å². The van der Waals surface area contributed by atoms with E-state index in [1.807, 2.05) is 12.1 Å². The van der Waals surface area contributed by atoms with Crippen molar-refractivity contribution in [3.05, 3.63) is 81.6 Å². The summed E-state index contributed by atoms with van der Waals surface area (Å²) in [5, 5.41) is 22.6. The fourth-order valence-electron chi connectivity index (χ4n) is 3.44. The Kier molecular flexibility index (Phi) is 5.37. The number of aromatic nitrogens is 1. The molecule has 5 heteroatoms. The molecule has 3 aromatic rings. The van der Waals surface area contributed by atoms with Gasteiger partial charge in [-0.15, -0.1) is 0 Å². The molecular formula is C24H26FNO3. The van der Waals surface area contributed by atoms with E-state index < -0.39 is 5.60 Å². The third-order valence-electron chi connectivity index (χ3n) is 5.00. The number of pyridine rings is 1. The topological polar surface area (TPSA) is 56.4 Å². The van der Waals surface area contributed by atoms with E-state index >= 15 is 0 Å². The molecule has 152 valence electrons. The van der Waals surface area contributed by atoms with Crippen LogP contribution in [-0.4, -0.2) is 5.11 Å². The second kappa shape index (κ2) is 7.48. The number of nitrogens with zero attached hydrogens (tertiary/aromatic N) is 1. The SMILES string of the molecule is Cc1cc(F)cc(C)c1Oc1ccc(C(C)(C)O)cc1-c1cc(C)[n+]([O-])c(C)c1. The van der Waals surface area contributed by atoms with Gasteiger partial charge in [0, 0.05) is 31.5 Å². The maximum absolute atomic E-state index is 13.7. The maximum atomic E-state index is 13.7. The lowest BCUT2D eigenvalue weighted by Crippen LogP contribution is -2.33. The Labute approximate surface area is 170 Å². The predicted molar refractivity (Wildman–Crippen MR) is 112 cm³/mol. The molecule has 0 spiro atoms. The lowest BCUT2D eigenvalue weighted by molar-refractivity contribution is -0.619. The van der Waals surface area contributed by atoms with E-state index in [1.165, 1.54) is 12.1 Å². The molecule has 0 unspecified atom stereocenters. The molecule has 0 radical (unpaired) electrons. The molecule has 0 aliphatic rings. The first-order valence-corrected chi connectivity index (χ1v) is 9.50. The first-order chi connectivity index (χ1) is 13.5. The number of halogens is 1. The summed E-state index contributed by atoms with van der Waals surface area (Å²) in [6, 6.07) is 11.9. The Morgan fingerprint density at radius 1 is 0.931 bits per heavy atom. The van der Waals surface area contributed by atoms with Crippen molar-refractivity contribution in [2.75, 3.05) is 0 Å². The predicted octanol–water partition coefficient (Wildman–Crippen LogP) is 5.38. The number of benzene rings is 2. The normalized spacial score (nSPS) is 11.6. The van der Waals surface area contributed by atoms with E-state index in [0.717, 1.165) is 21.4 Å². The molecular weight excluding hydrogens is 369 g/mol. The van der Waals surface area contributed by atoms with Crippen LogP contribution in [0.3, 0.4) is 0 Å². The molecule has 1 aromatic heterocycles. The van der Waals surface area contributed by atoms with Gasteiger partial charge in [-0.3, -0.25) is 0 Å². The summed E-state index contributed by atoms with van der Waals surface area (Å²) < 4.78 is 20.8. The summed E-state index contributed by atoms with van der Waals surface area (Å²) >= 11 is 0. The van der Waals surface area contributed by atoms with E-state index in [-0.39, 0.29) is 5.82 Å². The standard InChI is InChI=1S/C24H26FNO3/c1-14-9-20(25)10-15(2)23(14)29-22-8-7-19(24(5,6)27)13-21(22)18-11-16(3)26(28)17(4)12-18/h7-13,27H,1-6H3. The summed E-state index contributed by atoms with van der Waals surface area (Å²) in [6.45, 7) is 10.5. The average Bonchev–Trinajstić information content (AvgIpc) is 2.61. The first-order valence-electron chi connectivity index (χ1n) is 9.50. The fourth-order valence-corrected chi connectivity index (χ4v) is 3.44. The highest BCUT2D eigenvalue weighted by Gasteiger charge is 2.21. The molecule has 0 bridgehead atoms. The molecule has 2 aromatic carbocycles. The van der Waals surface area contributed by atoms with Crippen LogP contribution in [0.15, 0.2) is 42.5 Å². The van der Waals surface area contributed by atoms with Crippen molar-refractivity contribution in [1.29, 1.82) is 0 Å². The number of rotatable bonds is 4. The number of hydrogen-bond acceptors (Lipinski definition) is 3. The van der Waals surface area contributed by atoms with Gasteiger partial charge < -0.3 is 15.1 Å². The van der Waals surface area contributed by atoms with Crippen molar-refractivity contribution in [2.45, 2.75) is 47.1 Å². The number of aliphatic hydroxyl groups is 1. The van der Waals surface area contributed by atoms with Crippen LogP contribution in [-0.2, 0) is 5.60 Å². The van der Waals surface area contributed by atoms with Crippen LogP contribution in [0.5, 0.6) is 11.5 Å². The average molecular weight is 395 g/mol. The molecule has 0 aliphatic heterocycles. The minimum atomic E-state index is -1.04. The van der Waals surface area contributed by atoms with Gasteiger partial charge in [0.15, 0.2) is 11.4 Å². The van der Waals surface area contributed by atoms with Crippen LogP contribution >= 0.6 is 0 Å². The highest BCUT2D eigenvalue weighted by Crippen LogP contribution is 2.39. The van der Waals surface area contributed by atoms with E-state index in [1.54, 1.807) is 59.7 Å². The molecule has 3 rings (SSSR count). The van der Waals surface area contributed by atoms with Gasteiger partial charge in [0.1, 0.15) is 17.3 Å². The van der Waals surface area contributed by atoms with Crippen LogP contribution in [0.2, 0.25) is 0 Å². The second-order valence-corrected chi connectivity index (χ2v) is 8.06. The van der Waals surface area contributed by atoms with Gasteiger partial charge >= 0.3 is 0 Å². The lowest BCUT2D eigenvalue weighted by Gasteiger charge is -2.21. The third kappa shape index (κ3) is 4.25. The van der Waals surface area contributed by atoms with Crippen LogP contribution in [0.1, 0.15) is 41.9 Å². The monoisotopic (exact) mass is 395 g/mol. The lowest BCUT2D eigenvalue weighted by atomic mass is 9.93. The Morgan fingerprint density at radius 2 is 1.48 bits per heavy atom. The van der Waals surface area contributed by atoms with Crippen molar-refractivity contribution < 1.29 is 19.0 Å². The first kappa shape index (κ1) is 20.8. The zero-order valence-electron chi connectivity index (χ0n) is 17.6. The summed E-state index contributed by atoms with van der Waals surface area (Å²) in [6.07, 6.45) is 0. The summed E-state index contributed by atoms with van der Waals surface area (Å²) in [7, 11) is 0. The Hall–Kier alpha value is -2.92. The van der Waals surface area contributed by atoms with Gasteiger partial charge in [-0.25, -0.2) is 4.39 Å². The highest BCUT2D eigenvalue weighted by atomic mass is 19.1. The van der Waals surface area contributed by atoms with Gasteiger partial charge in [0.25, 0.3) is 0 Å². The molecule has 4 nitrogen and oxygen atoms in total. The minimum Gasteiger partial charge on any atom is -0.618 e. The Bertz CT molecular complexity index is 1040. The van der Waals surface area contributed by atoms with E-state index in [0.29, 0.717) is 34.0 Å². The molecule has 0 amide bonds. The van der Waals surface area contributed by atoms with Crippen molar-refractivity contribution in [1.82, 2.24) is 0 Å². The number of aryl methyl sites for hydroxylation is 4. The smallest absolute Gasteiger partial charge is 0.190 e. The van der Waals surface area contributed by atoms with Crippen LogP contribution in [0.4, 0.5) is 4.39 Å². The van der Waals surface area contributed by atoms with Crippen LogP contribution in [0, 0.1) is 38.7 Å². The highest BCUT2D eigenvalue weighted by molar-refractivity contribution is 5.72. The zero-order chi connectivity index (χ0) is 21.5. The van der Waals surface area contributed by atoms with Gasteiger partial charge in [-0.2, -0.15) is 4.73 Å². The molecule has 0 saturated carbocycles. The van der Waals surface area contributed by atoms with Gasteiger partial charge in [-0.05, 0) is 74.2 Å². The molecule has 1 heterocycles. The van der Waals surface area contributed by atoms with Crippen LogP contribution < -0.4 is 9.47 Å². The maximum Gasteiger partial charge on any atom is 0.190 e. The third-order valence-corrected chi connectivity index (χ3v) is 5.00. The number of ether oxygens (including phenoxy) is 1. The Balaban J connectivity index is 2.20. The number of hydrogen-bond donors (Lipinski definition) is 1. The van der Waals surface area contributed by atoms with E-state index in [9.17, 15) is 14.7 Å².